The molecule has 1 aromatic rings. The molecule has 10 heteroatoms. The largest absolute Gasteiger partial charge is 0.416 e. The van der Waals surface area contributed by atoms with E-state index in [9.17, 15) is 18.0 Å². The maximum absolute atomic E-state index is 12.6. The molecule has 0 atom stereocenters. The van der Waals surface area contributed by atoms with Crippen molar-refractivity contribution in [2.45, 2.75) is 51.9 Å². The molecule has 0 radical (unpaired) electrons. The highest BCUT2D eigenvalue weighted by Crippen LogP contribution is 2.29. The van der Waals surface area contributed by atoms with E-state index in [-0.39, 0.29) is 29.5 Å². The van der Waals surface area contributed by atoms with E-state index < -0.39 is 17.6 Å². The summed E-state index contributed by atoms with van der Waals surface area (Å²) in [5.74, 6) is 0.294. The molecule has 0 spiro atoms. The number of hydrogen-bond acceptors (Lipinski definition) is 3. The van der Waals surface area contributed by atoms with E-state index >= 15 is 0 Å². The Balaban J connectivity index is 0.00000480. The van der Waals surface area contributed by atoms with Crippen LogP contribution in [0.2, 0.25) is 0 Å². The van der Waals surface area contributed by atoms with E-state index in [0.29, 0.717) is 31.1 Å². The number of aliphatic imine (C=N–C) groups is 1. The number of likely N-dealkylation sites (tertiary alicyclic amines) is 1. The number of rotatable bonds is 7. The molecule has 3 N–H and O–H groups in total. The third-order valence-corrected chi connectivity index (χ3v) is 5.09. The van der Waals surface area contributed by atoms with Gasteiger partial charge < -0.3 is 20.9 Å². The Morgan fingerprint density at radius 2 is 1.77 bits per heavy atom. The molecule has 176 valence electrons. The number of carbonyl (C=O) groups is 1. The summed E-state index contributed by atoms with van der Waals surface area (Å²) in [5, 5.41) is 9.35. The summed E-state index contributed by atoms with van der Waals surface area (Å²) < 4.78 is 37.8. The Morgan fingerprint density at radius 1 is 1.16 bits per heavy atom. The normalized spacial score (nSPS) is 16.0. The number of nitrogens with zero attached hydrogens (tertiary/aromatic N) is 2. The highest BCUT2D eigenvalue weighted by Gasteiger charge is 2.30. The molecule has 1 saturated heterocycles. The van der Waals surface area contributed by atoms with Crippen LogP contribution in [0.3, 0.4) is 0 Å². The van der Waals surface area contributed by atoms with Crippen LogP contribution < -0.4 is 16.0 Å². The Hall–Kier alpha value is -1.56. The molecule has 1 heterocycles. The van der Waals surface area contributed by atoms with E-state index in [1.54, 1.807) is 0 Å². The van der Waals surface area contributed by atoms with Crippen molar-refractivity contribution in [3.63, 3.8) is 0 Å². The smallest absolute Gasteiger partial charge is 0.357 e. The van der Waals surface area contributed by atoms with Crippen LogP contribution in [-0.4, -0.2) is 61.6 Å². The summed E-state index contributed by atoms with van der Waals surface area (Å²) in [6.45, 7) is 9.90. The first-order chi connectivity index (χ1) is 14.2. The average molecular weight is 555 g/mol. The molecule has 0 saturated carbocycles. The quantitative estimate of drug-likeness (QED) is 0.209. The zero-order chi connectivity index (χ0) is 22.1. The second-order valence-corrected chi connectivity index (χ2v) is 7.64. The molecule has 6 nitrogen and oxygen atoms in total. The standard InChI is InChI=1S/C21H32F3N5O.HI/c1-4-25-20(28-18-9-13-29(14-10-18)15(2)3)27-12-11-26-19(30)16-5-7-17(8-6-16)21(22,23)24;/h5-8,15,18H,4,9-14H2,1-3H3,(H,26,30)(H2,25,27,28);1H. The molecule has 1 amide bonds. The van der Waals surface area contributed by atoms with Gasteiger partial charge in [0.2, 0.25) is 0 Å². The molecule has 1 aromatic carbocycles. The van der Waals surface area contributed by atoms with Gasteiger partial charge in [-0.05, 0) is 57.9 Å². The number of hydrogen-bond donors (Lipinski definition) is 3. The second kappa shape index (κ2) is 13.1. The van der Waals surface area contributed by atoms with Gasteiger partial charge in [0, 0.05) is 43.8 Å². The van der Waals surface area contributed by atoms with Gasteiger partial charge in [0.15, 0.2) is 5.96 Å². The van der Waals surface area contributed by atoms with Gasteiger partial charge in [-0.1, -0.05) is 0 Å². The first-order valence-electron chi connectivity index (χ1n) is 10.4. The molecule has 1 aliphatic heterocycles. The van der Waals surface area contributed by atoms with Crippen LogP contribution in [0.4, 0.5) is 13.2 Å². The molecule has 2 rings (SSSR count). The number of benzene rings is 1. The summed E-state index contributed by atoms with van der Waals surface area (Å²) >= 11 is 0. The first-order valence-corrected chi connectivity index (χ1v) is 10.4. The van der Waals surface area contributed by atoms with Crippen LogP contribution in [0.25, 0.3) is 0 Å². The van der Waals surface area contributed by atoms with Crippen molar-refractivity contribution in [2.75, 3.05) is 32.7 Å². The third-order valence-electron chi connectivity index (χ3n) is 5.09. The number of piperidine rings is 1. The van der Waals surface area contributed by atoms with Crippen molar-refractivity contribution in [3.05, 3.63) is 35.4 Å². The van der Waals surface area contributed by atoms with E-state index in [4.69, 9.17) is 0 Å². The lowest BCUT2D eigenvalue weighted by molar-refractivity contribution is -0.137. The number of nitrogens with one attached hydrogen (secondary N) is 3. The lowest BCUT2D eigenvalue weighted by Gasteiger charge is -2.35. The van der Waals surface area contributed by atoms with Crippen molar-refractivity contribution in [1.29, 1.82) is 0 Å². The Kier molecular flexibility index (Phi) is 11.6. The topological polar surface area (TPSA) is 68.8 Å². The maximum Gasteiger partial charge on any atom is 0.416 e. The summed E-state index contributed by atoms with van der Waals surface area (Å²) in [4.78, 5) is 19.1. The summed E-state index contributed by atoms with van der Waals surface area (Å²) in [5.41, 5.74) is -0.585. The second-order valence-electron chi connectivity index (χ2n) is 7.64. The predicted molar refractivity (Wildman–Crippen MR) is 128 cm³/mol. The highest BCUT2D eigenvalue weighted by atomic mass is 127. The summed E-state index contributed by atoms with van der Waals surface area (Å²) in [6.07, 6.45) is -2.31. The van der Waals surface area contributed by atoms with Crippen LogP contribution in [-0.2, 0) is 6.18 Å². The molecule has 1 aliphatic rings. The fraction of sp³-hybridized carbons (Fsp3) is 0.619. The van der Waals surface area contributed by atoms with Gasteiger partial charge >= 0.3 is 6.18 Å². The van der Waals surface area contributed by atoms with Crippen LogP contribution in [0, 0.1) is 0 Å². The van der Waals surface area contributed by atoms with E-state index in [1.165, 1.54) is 12.1 Å². The van der Waals surface area contributed by atoms with Crippen LogP contribution in [0.1, 0.15) is 49.5 Å². The fourth-order valence-electron chi connectivity index (χ4n) is 3.32. The molecule has 0 bridgehead atoms. The predicted octanol–water partition coefficient (Wildman–Crippen LogP) is 3.48. The molecule has 1 fully saturated rings. The van der Waals surface area contributed by atoms with Crippen molar-refractivity contribution in [3.8, 4) is 0 Å². The van der Waals surface area contributed by atoms with Gasteiger partial charge in [-0.25, -0.2) is 0 Å². The lowest BCUT2D eigenvalue weighted by atomic mass is 10.0. The minimum atomic E-state index is -4.41. The summed E-state index contributed by atoms with van der Waals surface area (Å²) in [7, 11) is 0. The zero-order valence-electron chi connectivity index (χ0n) is 18.3. The zero-order valence-corrected chi connectivity index (χ0v) is 20.6. The first kappa shape index (κ1) is 27.5. The van der Waals surface area contributed by atoms with Gasteiger partial charge in [-0.15, -0.1) is 24.0 Å². The fourth-order valence-corrected chi connectivity index (χ4v) is 3.32. The van der Waals surface area contributed by atoms with Gasteiger partial charge in [0.25, 0.3) is 5.91 Å². The molecule has 0 unspecified atom stereocenters. The number of amides is 1. The van der Waals surface area contributed by atoms with Gasteiger partial charge in [-0.3, -0.25) is 9.79 Å². The van der Waals surface area contributed by atoms with E-state index in [0.717, 1.165) is 44.6 Å². The lowest BCUT2D eigenvalue weighted by Crippen LogP contribution is -2.50. The molecular weight excluding hydrogens is 522 g/mol. The van der Waals surface area contributed by atoms with Crippen molar-refractivity contribution < 1.29 is 18.0 Å². The highest BCUT2D eigenvalue weighted by molar-refractivity contribution is 14.0. The monoisotopic (exact) mass is 555 g/mol. The Labute approximate surface area is 199 Å². The van der Waals surface area contributed by atoms with Crippen LogP contribution >= 0.6 is 24.0 Å². The Morgan fingerprint density at radius 3 is 2.29 bits per heavy atom. The van der Waals surface area contributed by atoms with Crippen LogP contribution in [0.15, 0.2) is 29.3 Å². The third kappa shape index (κ3) is 9.22. The SMILES string of the molecule is CCNC(=NCCNC(=O)c1ccc(C(F)(F)F)cc1)NC1CCN(C(C)C)CC1.I. The molecular formula is C21H33F3IN5O. The number of carbonyl (C=O) groups excluding carboxylic acids is 1. The van der Waals surface area contributed by atoms with E-state index in [1.807, 2.05) is 6.92 Å². The maximum atomic E-state index is 12.6. The van der Waals surface area contributed by atoms with Crippen molar-refractivity contribution in [2.24, 2.45) is 4.99 Å². The minimum absolute atomic E-state index is 0. The molecule has 0 aromatic heterocycles. The van der Waals surface area contributed by atoms with Crippen molar-refractivity contribution >= 4 is 35.8 Å². The number of halogens is 4. The van der Waals surface area contributed by atoms with Gasteiger partial charge in [-0.2, -0.15) is 13.2 Å². The number of alkyl halides is 3. The van der Waals surface area contributed by atoms with Crippen molar-refractivity contribution in [1.82, 2.24) is 20.9 Å². The Bertz CT molecular complexity index is 702. The average Bonchev–Trinajstić information content (AvgIpc) is 2.71. The summed E-state index contributed by atoms with van der Waals surface area (Å²) in [6, 6.07) is 5.09. The van der Waals surface area contributed by atoms with E-state index in [2.05, 4.69) is 39.7 Å². The minimum Gasteiger partial charge on any atom is -0.357 e. The van der Waals surface area contributed by atoms with Gasteiger partial charge in [0.05, 0.1) is 12.1 Å². The van der Waals surface area contributed by atoms with Gasteiger partial charge in [0.1, 0.15) is 0 Å². The number of guanidine groups is 1. The van der Waals surface area contributed by atoms with Crippen LogP contribution in [0.5, 0.6) is 0 Å². The molecule has 0 aliphatic carbocycles. The molecule has 31 heavy (non-hydrogen) atoms.